The molecule has 1 amide bonds. The number of benzene rings is 1. The summed E-state index contributed by atoms with van der Waals surface area (Å²) >= 11 is 0. The van der Waals surface area contributed by atoms with E-state index < -0.39 is 4.92 Å². The molecule has 2 aliphatic rings. The predicted molar refractivity (Wildman–Crippen MR) is 69.9 cm³/mol. The fourth-order valence-corrected chi connectivity index (χ4v) is 2.76. The number of carbonyl (C=O) groups excluding carboxylic acids is 1. The zero-order valence-corrected chi connectivity index (χ0v) is 10.8. The first-order chi connectivity index (χ1) is 9.66. The van der Waals surface area contributed by atoms with Gasteiger partial charge in [0.05, 0.1) is 24.1 Å². The van der Waals surface area contributed by atoms with Crippen molar-refractivity contribution in [3.63, 3.8) is 0 Å². The molecule has 3 rings (SSSR count). The Morgan fingerprint density at radius 3 is 3.00 bits per heavy atom. The molecule has 2 aliphatic heterocycles. The SMILES string of the molecule is O=C1CNC(c2cccc([N+](=O)[O-])c2)N1C1CCOC1. The number of nitrogens with one attached hydrogen (secondary N) is 1. The maximum absolute atomic E-state index is 12.0. The minimum Gasteiger partial charge on any atom is -0.379 e. The third kappa shape index (κ3) is 2.25. The van der Waals surface area contributed by atoms with Crippen LogP contribution in [-0.4, -0.2) is 41.5 Å². The molecule has 1 N–H and O–H groups in total. The largest absolute Gasteiger partial charge is 0.379 e. The average molecular weight is 277 g/mol. The molecule has 0 bridgehead atoms. The van der Waals surface area contributed by atoms with Crippen LogP contribution in [0, 0.1) is 10.1 Å². The molecule has 1 aromatic carbocycles. The van der Waals surface area contributed by atoms with Crippen molar-refractivity contribution in [3.8, 4) is 0 Å². The molecule has 2 heterocycles. The second-order valence-electron chi connectivity index (χ2n) is 4.95. The van der Waals surface area contributed by atoms with Crippen LogP contribution in [0.2, 0.25) is 0 Å². The van der Waals surface area contributed by atoms with Crippen LogP contribution in [0.15, 0.2) is 24.3 Å². The molecule has 2 saturated heterocycles. The van der Waals surface area contributed by atoms with Gasteiger partial charge in [0, 0.05) is 18.7 Å². The summed E-state index contributed by atoms with van der Waals surface area (Å²) in [5.74, 6) is 0.0111. The summed E-state index contributed by atoms with van der Waals surface area (Å²) in [6, 6.07) is 6.44. The van der Waals surface area contributed by atoms with E-state index in [1.54, 1.807) is 17.0 Å². The molecule has 2 unspecified atom stereocenters. The molecule has 0 radical (unpaired) electrons. The number of ether oxygens (including phenoxy) is 1. The van der Waals surface area contributed by atoms with Crippen molar-refractivity contribution < 1.29 is 14.5 Å². The van der Waals surface area contributed by atoms with Gasteiger partial charge in [0.25, 0.3) is 5.69 Å². The van der Waals surface area contributed by atoms with E-state index in [2.05, 4.69) is 5.32 Å². The lowest BCUT2D eigenvalue weighted by Gasteiger charge is -2.29. The first kappa shape index (κ1) is 13.0. The maximum atomic E-state index is 12.0. The Morgan fingerprint density at radius 1 is 1.45 bits per heavy atom. The minimum absolute atomic E-state index is 0.0111. The third-order valence-electron chi connectivity index (χ3n) is 3.71. The van der Waals surface area contributed by atoms with Crippen LogP contribution in [0.3, 0.4) is 0 Å². The van der Waals surface area contributed by atoms with Gasteiger partial charge in [0.2, 0.25) is 5.91 Å². The summed E-state index contributed by atoms with van der Waals surface area (Å²) in [5, 5.41) is 14.0. The Kier molecular flexibility index (Phi) is 3.37. The minimum atomic E-state index is -0.427. The van der Waals surface area contributed by atoms with E-state index in [0.717, 1.165) is 12.0 Å². The van der Waals surface area contributed by atoms with Crippen LogP contribution in [0.5, 0.6) is 0 Å². The Hall–Kier alpha value is -1.99. The van der Waals surface area contributed by atoms with Gasteiger partial charge < -0.3 is 9.64 Å². The average Bonchev–Trinajstić information content (AvgIpc) is 3.07. The van der Waals surface area contributed by atoms with Gasteiger partial charge in [-0.2, -0.15) is 0 Å². The van der Waals surface area contributed by atoms with E-state index in [1.807, 2.05) is 0 Å². The summed E-state index contributed by atoms with van der Waals surface area (Å²) in [4.78, 5) is 24.2. The monoisotopic (exact) mass is 277 g/mol. The topological polar surface area (TPSA) is 84.7 Å². The van der Waals surface area contributed by atoms with Crippen LogP contribution < -0.4 is 5.32 Å². The zero-order valence-electron chi connectivity index (χ0n) is 10.8. The molecule has 0 saturated carbocycles. The van der Waals surface area contributed by atoms with Gasteiger partial charge in [0.15, 0.2) is 0 Å². The Balaban J connectivity index is 1.89. The van der Waals surface area contributed by atoms with E-state index in [9.17, 15) is 14.9 Å². The molecular formula is C13H15N3O4. The fraction of sp³-hybridized carbons (Fsp3) is 0.462. The van der Waals surface area contributed by atoms with Gasteiger partial charge in [-0.05, 0) is 12.0 Å². The lowest BCUT2D eigenvalue weighted by atomic mass is 10.1. The highest BCUT2D eigenvalue weighted by Gasteiger charge is 2.38. The number of amides is 1. The molecule has 0 aliphatic carbocycles. The summed E-state index contributed by atoms with van der Waals surface area (Å²) in [6.07, 6.45) is 0.493. The van der Waals surface area contributed by atoms with Crippen LogP contribution in [-0.2, 0) is 9.53 Å². The predicted octanol–water partition coefficient (Wildman–Crippen LogP) is 0.814. The molecule has 0 aromatic heterocycles. The molecular weight excluding hydrogens is 262 g/mol. The number of hydrogen-bond acceptors (Lipinski definition) is 5. The number of nitrogens with zero attached hydrogens (tertiary/aromatic N) is 2. The molecule has 2 atom stereocenters. The van der Waals surface area contributed by atoms with E-state index in [0.29, 0.717) is 13.2 Å². The van der Waals surface area contributed by atoms with Gasteiger partial charge in [-0.1, -0.05) is 12.1 Å². The van der Waals surface area contributed by atoms with Crippen LogP contribution in [0.4, 0.5) is 5.69 Å². The van der Waals surface area contributed by atoms with Gasteiger partial charge in [-0.25, -0.2) is 0 Å². The first-order valence-electron chi connectivity index (χ1n) is 6.53. The van der Waals surface area contributed by atoms with Crippen molar-refractivity contribution in [1.29, 1.82) is 0 Å². The number of carbonyl (C=O) groups is 1. The summed E-state index contributed by atoms with van der Waals surface area (Å²) in [6.45, 7) is 1.43. The molecule has 7 heteroatoms. The number of nitro groups is 1. The van der Waals surface area contributed by atoms with Crippen molar-refractivity contribution in [3.05, 3.63) is 39.9 Å². The Bertz CT molecular complexity index is 542. The van der Waals surface area contributed by atoms with E-state index in [4.69, 9.17) is 4.74 Å². The summed E-state index contributed by atoms with van der Waals surface area (Å²) < 4.78 is 5.33. The van der Waals surface area contributed by atoms with Crippen LogP contribution in [0.25, 0.3) is 0 Å². The van der Waals surface area contributed by atoms with Crippen LogP contribution >= 0.6 is 0 Å². The molecule has 2 fully saturated rings. The van der Waals surface area contributed by atoms with Gasteiger partial charge in [-0.15, -0.1) is 0 Å². The Labute approximate surface area is 115 Å². The van der Waals surface area contributed by atoms with E-state index in [-0.39, 0.29) is 30.3 Å². The molecule has 0 spiro atoms. The van der Waals surface area contributed by atoms with Gasteiger partial charge in [0.1, 0.15) is 6.17 Å². The highest BCUT2D eigenvalue weighted by Crippen LogP contribution is 2.29. The van der Waals surface area contributed by atoms with Crippen molar-refractivity contribution in [2.45, 2.75) is 18.6 Å². The lowest BCUT2D eigenvalue weighted by Crippen LogP contribution is -2.40. The van der Waals surface area contributed by atoms with Crippen molar-refractivity contribution >= 4 is 11.6 Å². The number of non-ortho nitro benzene ring substituents is 1. The number of hydrogen-bond donors (Lipinski definition) is 1. The molecule has 7 nitrogen and oxygen atoms in total. The fourth-order valence-electron chi connectivity index (χ4n) is 2.76. The van der Waals surface area contributed by atoms with Crippen LogP contribution in [0.1, 0.15) is 18.2 Å². The third-order valence-corrected chi connectivity index (χ3v) is 3.71. The Morgan fingerprint density at radius 2 is 2.30 bits per heavy atom. The second kappa shape index (κ2) is 5.18. The number of nitro benzene ring substituents is 1. The highest BCUT2D eigenvalue weighted by molar-refractivity contribution is 5.81. The van der Waals surface area contributed by atoms with Gasteiger partial charge in [-0.3, -0.25) is 20.2 Å². The lowest BCUT2D eigenvalue weighted by molar-refractivity contribution is -0.385. The smallest absolute Gasteiger partial charge is 0.269 e. The van der Waals surface area contributed by atoms with Crippen molar-refractivity contribution in [1.82, 2.24) is 10.2 Å². The molecule has 106 valence electrons. The standard InChI is InChI=1S/C13H15N3O4/c17-12-7-14-13(15(12)11-4-5-20-8-11)9-2-1-3-10(6-9)16(18)19/h1-3,6,11,13-14H,4-5,7-8H2. The molecule has 1 aromatic rings. The van der Waals surface area contributed by atoms with Gasteiger partial charge >= 0.3 is 0 Å². The summed E-state index contributed by atoms with van der Waals surface area (Å²) in [7, 11) is 0. The highest BCUT2D eigenvalue weighted by atomic mass is 16.6. The van der Waals surface area contributed by atoms with E-state index >= 15 is 0 Å². The molecule has 20 heavy (non-hydrogen) atoms. The number of rotatable bonds is 3. The first-order valence-corrected chi connectivity index (χ1v) is 6.53. The maximum Gasteiger partial charge on any atom is 0.269 e. The van der Waals surface area contributed by atoms with Crippen molar-refractivity contribution in [2.75, 3.05) is 19.8 Å². The second-order valence-corrected chi connectivity index (χ2v) is 4.95. The van der Waals surface area contributed by atoms with E-state index in [1.165, 1.54) is 12.1 Å². The van der Waals surface area contributed by atoms with Crippen molar-refractivity contribution in [2.24, 2.45) is 0 Å². The normalized spacial score (nSPS) is 26.2. The zero-order chi connectivity index (χ0) is 14.1. The quantitative estimate of drug-likeness (QED) is 0.653. The summed E-state index contributed by atoms with van der Waals surface area (Å²) in [5.41, 5.74) is 0.767.